The van der Waals surface area contributed by atoms with Crippen molar-refractivity contribution in [1.29, 1.82) is 0 Å². The fourth-order valence-corrected chi connectivity index (χ4v) is 4.24. The molecular formula is C24H18N2O4S. The molecule has 0 radical (unpaired) electrons. The summed E-state index contributed by atoms with van der Waals surface area (Å²) in [6.45, 7) is 0.343. The maximum atomic E-state index is 12.3. The summed E-state index contributed by atoms with van der Waals surface area (Å²) in [5.74, 6) is -1.11. The minimum Gasteiger partial charge on any atom is -0.478 e. The molecule has 0 spiro atoms. The summed E-state index contributed by atoms with van der Waals surface area (Å²) >= 11 is 1.44. The third-order valence-corrected chi connectivity index (χ3v) is 5.78. The summed E-state index contributed by atoms with van der Waals surface area (Å²) in [6, 6.07) is 19.6. The standard InChI is InChI=1S/C24H18N2O4S/c27-14-16-4-1-3-15(9-16)13-25-22(28)12-23-26-20-8-7-18(11-21(20)31-23)17-5-2-6-19(10-17)24(29)30/h1-11,14H,12-13H2,(H,25,28)(H,29,30). The number of hydrogen-bond acceptors (Lipinski definition) is 5. The molecule has 1 heterocycles. The Balaban J connectivity index is 1.46. The Morgan fingerprint density at radius 2 is 1.81 bits per heavy atom. The summed E-state index contributed by atoms with van der Waals surface area (Å²) in [4.78, 5) is 39.0. The van der Waals surface area contributed by atoms with E-state index in [-0.39, 0.29) is 17.9 Å². The molecule has 3 aromatic carbocycles. The second kappa shape index (κ2) is 8.89. The number of carbonyl (C=O) groups is 3. The molecule has 31 heavy (non-hydrogen) atoms. The van der Waals surface area contributed by atoms with Gasteiger partial charge in [-0.1, -0.05) is 36.4 Å². The minimum absolute atomic E-state index is 0.148. The lowest BCUT2D eigenvalue weighted by Gasteiger charge is -2.04. The first-order chi connectivity index (χ1) is 15.0. The fourth-order valence-electron chi connectivity index (χ4n) is 3.24. The number of fused-ring (bicyclic) bond motifs is 1. The van der Waals surface area contributed by atoms with E-state index in [9.17, 15) is 19.5 Å². The van der Waals surface area contributed by atoms with Crippen molar-refractivity contribution in [3.63, 3.8) is 0 Å². The number of amides is 1. The molecule has 0 aliphatic carbocycles. The van der Waals surface area contributed by atoms with Gasteiger partial charge in [-0.25, -0.2) is 9.78 Å². The van der Waals surface area contributed by atoms with Crippen LogP contribution in [0, 0.1) is 0 Å². The van der Waals surface area contributed by atoms with Gasteiger partial charge in [0.2, 0.25) is 5.91 Å². The predicted molar refractivity (Wildman–Crippen MR) is 119 cm³/mol. The van der Waals surface area contributed by atoms with E-state index in [1.54, 1.807) is 36.4 Å². The van der Waals surface area contributed by atoms with Gasteiger partial charge in [-0.15, -0.1) is 11.3 Å². The Morgan fingerprint density at radius 1 is 1.00 bits per heavy atom. The Kier molecular flexibility index (Phi) is 5.86. The smallest absolute Gasteiger partial charge is 0.335 e. The van der Waals surface area contributed by atoms with E-state index in [2.05, 4.69) is 10.3 Å². The predicted octanol–water partition coefficient (Wildman–Crippen LogP) is 4.33. The lowest BCUT2D eigenvalue weighted by molar-refractivity contribution is -0.120. The van der Waals surface area contributed by atoms with Crippen LogP contribution in [0.25, 0.3) is 21.3 Å². The van der Waals surface area contributed by atoms with Crippen LogP contribution in [0.2, 0.25) is 0 Å². The van der Waals surface area contributed by atoms with Gasteiger partial charge in [0.05, 0.1) is 22.2 Å². The number of thiazole rings is 1. The van der Waals surface area contributed by atoms with Crippen molar-refractivity contribution in [2.45, 2.75) is 13.0 Å². The largest absolute Gasteiger partial charge is 0.478 e. The number of aldehydes is 1. The van der Waals surface area contributed by atoms with Crippen LogP contribution in [-0.4, -0.2) is 28.3 Å². The van der Waals surface area contributed by atoms with Gasteiger partial charge in [-0.05, 0) is 47.0 Å². The summed E-state index contributed by atoms with van der Waals surface area (Å²) in [7, 11) is 0. The van der Waals surface area contributed by atoms with Gasteiger partial charge in [0.25, 0.3) is 0 Å². The molecule has 0 unspecified atom stereocenters. The van der Waals surface area contributed by atoms with E-state index < -0.39 is 5.97 Å². The maximum absolute atomic E-state index is 12.3. The van der Waals surface area contributed by atoms with Crippen LogP contribution in [0.4, 0.5) is 0 Å². The minimum atomic E-state index is -0.966. The number of aromatic nitrogens is 1. The van der Waals surface area contributed by atoms with Gasteiger partial charge < -0.3 is 10.4 Å². The van der Waals surface area contributed by atoms with Gasteiger partial charge in [0.1, 0.15) is 11.3 Å². The topological polar surface area (TPSA) is 96.4 Å². The molecule has 4 rings (SSSR count). The Morgan fingerprint density at radius 3 is 2.61 bits per heavy atom. The number of rotatable bonds is 7. The van der Waals surface area contributed by atoms with E-state index >= 15 is 0 Å². The average molecular weight is 430 g/mol. The molecule has 0 saturated heterocycles. The molecule has 0 fully saturated rings. The van der Waals surface area contributed by atoms with Crippen LogP contribution >= 0.6 is 11.3 Å². The van der Waals surface area contributed by atoms with E-state index in [0.29, 0.717) is 17.1 Å². The van der Waals surface area contributed by atoms with Gasteiger partial charge in [-0.2, -0.15) is 0 Å². The third kappa shape index (κ3) is 4.84. The van der Waals surface area contributed by atoms with Crippen molar-refractivity contribution < 1.29 is 19.5 Å². The number of carboxylic acid groups (broad SMARTS) is 1. The first-order valence-corrected chi connectivity index (χ1v) is 10.4. The second-order valence-electron chi connectivity index (χ2n) is 6.99. The van der Waals surface area contributed by atoms with Crippen molar-refractivity contribution in [1.82, 2.24) is 10.3 Å². The highest BCUT2D eigenvalue weighted by Crippen LogP contribution is 2.29. The van der Waals surface area contributed by atoms with E-state index in [1.165, 1.54) is 11.3 Å². The maximum Gasteiger partial charge on any atom is 0.335 e. The molecular weight excluding hydrogens is 412 g/mol. The van der Waals surface area contributed by atoms with Crippen molar-refractivity contribution in [3.8, 4) is 11.1 Å². The fraction of sp³-hybridized carbons (Fsp3) is 0.0833. The Bertz CT molecular complexity index is 1300. The SMILES string of the molecule is O=Cc1cccc(CNC(=O)Cc2nc3ccc(-c4cccc(C(=O)O)c4)cc3s2)c1. The highest BCUT2D eigenvalue weighted by Gasteiger charge is 2.11. The van der Waals surface area contributed by atoms with Crippen LogP contribution in [0.15, 0.2) is 66.7 Å². The normalized spacial score (nSPS) is 10.7. The zero-order chi connectivity index (χ0) is 21.8. The second-order valence-corrected chi connectivity index (χ2v) is 8.11. The summed E-state index contributed by atoms with van der Waals surface area (Å²) in [5.41, 5.74) is 4.16. The Hall–Kier alpha value is -3.84. The molecule has 0 aliphatic rings. The first kappa shape index (κ1) is 20.4. The van der Waals surface area contributed by atoms with Gasteiger partial charge in [-0.3, -0.25) is 9.59 Å². The summed E-state index contributed by atoms with van der Waals surface area (Å²) < 4.78 is 0.930. The van der Waals surface area contributed by atoms with Crippen molar-refractivity contribution in [2.24, 2.45) is 0 Å². The molecule has 1 amide bonds. The van der Waals surface area contributed by atoms with Gasteiger partial charge in [0, 0.05) is 12.1 Å². The summed E-state index contributed by atoms with van der Waals surface area (Å²) in [5, 5.41) is 12.7. The molecule has 0 atom stereocenters. The van der Waals surface area contributed by atoms with Gasteiger partial charge >= 0.3 is 5.97 Å². The zero-order valence-corrected chi connectivity index (χ0v) is 17.2. The molecule has 0 bridgehead atoms. The number of benzene rings is 3. The van der Waals surface area contributed by atoms with Crippen LogP contribution in [-0.2, 0) is 17.8 Å². The van der Waals surface area contributed by atoms with Gasteiger partial charge in [0.15, 0.2) is 0 Å². The molecule has 4 aromatic rings. The van der Waals surface area contributed by atoms with Crippen LogP contribution in [0.3, 0.4) is 0 Å². The number of nitrogens with one attached hydrogen (secondary N) is 1. The molecule has 0 aliphatic heterocycles. The van der Waals surface area contributed by atoms with E-state index in [0.717, 1.165) is 33.2 Å². The Labute approximate surface area is 182 Å². The number of hydrogen-bond donors (Lipinski definition) is 2. The number of carboxylic acids is 1. The molecule has 2 N–H and O–H groups in total. The molecule has 154 valence electrons. The number of nitrogens with zero attached hydrogens (tertiary/aromatic N) is 1. The molecule has 6 nitrogen and oxygen atoms in total. The van der Waals surface area contributed by atoms with Crippen LogP contribution in [0.5, 0.6) is 0 Å². The number of carbonyl (C=O) groups excluding carboxylic acids is 2. The van der Waals surface area contributed by atoms with Crippen molar-refractivity contribution >= 4 is 39.7 Å². The lowest BCUT2D eigenvalue weighted by Crippen LogP contribution is -2.24. The highest BCUT2D eigenvalue weighted by molar-refractivity contribution is 7.18. The monoisotopic (exact) mass is 430 g/mol. The number of aromatic carboxylic acids is 1. The van der Waals surface area contributed by atoms with Crippen molar-refractivity contribution in [2.75, 3.05) is 0 Å². The van der Waals surface area contributed by atoms with Crippen LogP contribution in [0.1, 0.15) is 31.3 Å². The zero-order valence-electron chi connectivity index (χ0n) is 16.4. The molecule has 1 aromatic heterocycles. The van der Waals surface area contributed by atoms with E-state index in [1.807, 2.05) is 30.3 Å². The van der Waals surface area contributed by atoms with Crippen LogP contribution < -0.4 is 5.32 Å². The quantitative estimate of drug-likeness (QED) is 0.425. The lowest BCUT2D eigenvalue weighted by atomic mass is 10.0. The first-order valence-electron chi connectivity index (χ1n) is 9.56. The van der Waals surface area contributed by atoms with E-state index in [4.69, 9.17) is 0 Å². The van der Waals surface area contributed by atoms with Crippen molar-refractivity contribution in [3.05, 3.63) is 88.4 Å². The third-order valence-electron chi connectivity index (χ3n) is 4.76. The average Bonchev–Trinajstić information content (AvgIpc) is 3.19. The molecule has 0 saturated carbocycles. The highest BCUT2D eigenvalue weighted by atomic mass is 32.1. The summed E-state index contributed by atoms with van der Waals surface area (Å²) in [6.07, 6.45) is 0.940. The molecule has 7 heteroatoms.